The zero-order valence-electron chi connectivity index (χ0n) is 20.0. The number of fused-ring (bicyclic) bond motifs is 1. The monoisotopic (exact) mass is 492 g/mol. The lowest BCUT2D eigenvalue weighted by atomic mass is 9.90. The van der Waals surface area contributed by atoms with Crippen LogP contribution in [-0.4, -0.2) is 29.1 Å². The maximum atomic E-state index is 12.9. The molecule has 3 aromatic rings. The minimum Gasteiger partial charge on any atom is -0.480 e. The molecule has 3 aliphatic rings. The summed E-state index contributed by atoms with van der Waals surface area (Å²) in [5.74, 6) is 1.37. The minimum atomic E-state index is -0.264. The molecule has 5 heteroatoms. The lowest BCUT2D eigenvalue weighted by Gasteiger charge is -2.32. The summed E-state index contributed by atoms with van der Waals surface area (Å²) >= 11 is 1.49. The SMILES string of the molecule is O=C1N=C(N2CCC(Cc3ccccc3)CC2)S/C1=C/C1=Cc2ccccc2OC1c1ccccc1. The molecule has 1 unspecified atom stereocenters. The standard InChI is InChI=1S/C31H28N2O2S/c34-30-28(36-31(32-30)33-17-15-23(16-18-33)19-22-9-3-1-4-10-22)21-26-20-25-13-7-8-14-27(25)35-29(26)24-11-5-2-6-12-24/h1-14,20-21,23,29H,15-19H2/b28-21+. The predicted octanol–water partition coefficient (Wildman–Crippen LogP) is 6.67. The molecule has 6 rings (SSSR count). The van der Waals surface area contributed by atoms with E-state index in [4.69, 9.17) is 4.74 Å². The second-order valence-electron chi connectivity index (χ2n) is 9.52. The van der Waals surface area contributed by atoms with Crippen LogP contribution >= 0.6 is 11.8 Å². The highest BCUT2D eigenvalue weighted by Gasteiger charge is 2.31. The van der Waals surface area contributed by atoms with E-state index < -0.39 is 0 Å². The molecule has 3 aliphatic heterocycles. The van der Waals surface area contributed by atoms with Crippen LogP contribution in [0.5, 0.6) is 5.75 Å². The van der Waals surface area contributed by atoms with Gasteiger partial charge in [0.15, 0.2) is 5.17 Å². The van der Waals surface area contributed by atoms with Gasteiger partial charge in [0.1, 0.15) is 11.9 Å². The summed E-state index contributed by atoms with van der Waals surface area (Å²) in [6, 6.07) is 28.9. The van der Waals surface area contributed by atoms with Crippen molar-refractivity contribution in [3.05, 3.63) is 118 Å². The Morgan fingerprint density at radius 3 is 2.39 bits per heavy atom. The quantitative estimate of drug-likeness (QED) is 0.381. The predicted molar refractivity (Wildman–Crippen MR) is 147 cm³/mol. The van der Waals surface area contributed by atoms with Crippen LogP contribution in [0.3, 0.4) is 0 Å². The number of hydrogen-bond donors (Lipinski definition) is 0. The molecule has 3 heterocycles. The Labute approximate surface area is 216 Å². The van der Waals surface area contributed by atoms with Crippen LogP contribution in [0.15, 0.2) is 106 Å². The van der Waals surface area contributed by atoms with Crippen molar-refractivity contribution in [1.29, 1.82) is 0 Å². The number of carbonyl (C=O) groups excluding carboxylic acids is 1. The van der Waals surface area contributed by atoms with E-state index in [1.807, 2.05) is 48.5 Å². The van der Waals surface area contributed by atoms with Crippen LogP contribution in [-0.2, 0) is 11.2 Å². The summed E-state index contributed by atoms with van der Waals surface area (Å²) in [5.41, 5.74) is 4.45. The summed E-state index contributed by atoms with van der Waals surface area (Å²) in [6.07, 6.45) is 7.19. The molecule has 1 atom stereocenters. The van der Waals surface area contributed by atoms with Gasteiger partial charge in [0.25, 0.3) is 5.91 Å². The normalized spacial score (nSPS) is 21.1. The summed E-state index contributed by atoms with van der Waals surface area (Å²) < 4.78 is 6.40. The van der Waals surface area contributed by atoms with Gasteiger partial charge < -0.3 is 9.64 Å². The molecular weight excluding hydrogens is 464 g/mol. The fraction of sp³-hybridized carbons (Fsp3) is 0.226. The van der Waals surface area contributed by atoms with Gasteiger partial charge in [-0.2, -0.15) is 4.99 Å². The smallest absolute Gasteiger partial charge is 0.286 e. The number of rotatable bonds is 4. The van der Waals surface area contributed by atoms with E-state index >= 15 is 0 Å². The van der Waals surface area contributed by atoms with E-state index in [-0.39, 0.29) is 12.0 Å². The van der Waals surface area contributed by atoms with Crippen LogP contribution < -0.4 is 4.74 Å². The number of benzene rings is 3. The number of amidine groups is 1. The first-order chi connectivity index (χ1) is 17.7. The molecule has 0 aromatic heterocycles. The van der Waals surface area contributed by atoms with Gasteiger partial charge in [-0.1, -0.05) is 78.9 Å². The Balaban J connectivity index is 1.17. The first-order valence-corrected chi connectivity index (χ1v) is 13.4. The number of para-hydroxylation sites is 1. The van der Waals surface area contributed by atoms with Gasteiger partial charge >= 0.3 is 0 Å². The van der Waals surface area contributed by atoms with E-state index in [0.29, 0.717) is 10.8 Å². The van der Waals surface area contributed by atoms with Crippen LogP contribution in [0.2, 0.25) is 0 Å². The molecular formula is C31H28N2O2S. The Bertz CT molecular complexity index is 1340. The lowest BCUT2D eigenvalue weighted by molar-refractivity contribution is -0.113. The molecule has 3 aromatic carbocycles. The van der Waals surface area contributed by atoms with Gasteiger partial charge in [-0.25, -0.2) is 0 Å². The number of likely N-dealkylation sites (tertiary alicyclic amines) is 1. The van der Waals surface area contributed by atoms with Crippen molar-refractivity contribution in [2.24, 2.45) is 10.9 Å². The molecule has 1 saturated heterocycles. The van der Waals surface area contributed by atoms with Crippen LogP contribution in [0, 0.1) is 5.92 Å². The third kappa shape index (κ3) is 4.89. The Kier molecular flexibility index (Phi) is 6.48. The molecule has 1 amide bonds. The zero-order valence-corrected chi connectivity index (χ0v) is 20.9. The van der Waals surface area contributed by atoms with Crippen molar-refractivity contribution in [2.75, 3.05) is 13.1 Å². The molecule has 0 saturated carbocycles. The van der Waals surface area contributed by atoms with Gasteiger partial charge in [-0.15, -0.1) is 0 Å². The first kappa shape index (κ1) is 22.9. The Morgan fingerprint density at radius 1 is 0.917 bits per heavy atom. The molecule has 0 aliphatic carbocycles. The van der Waals surface area contributed by atoms with E-state index in [1.165, 1.54) is 17.3 Å². The highest BCUT2D eigenvalue weighted by molar-refractivity contribution is 8.18. The summed E-state index contributed by atoms with van der Waals surface area (Å²) in [6.45, 7) is 1.88. The lowest BCUT2D eigenvalue weighted by Crippen LogP contribution is -2.37. The number of nitrogens with zero attached hydrogens (tertiary/aromatic N) is 2. The third-order valence-electron chi connectivity index (χ3n) is 7.05. The number of thioether (sulfide) groups is 1. The van der Waals surface area contributed by atoms with Gasteiger partial charge in [0, 0.05) is 18.7 Å². The van der Waals surface area contributed by atoms with E-state index in [2.05, 4.69) is 58.4 Å². The summed E-state index contributed by atoms with van der Waals surface area (Å²) in [7, 11) is 0. The van der Waals surface area contributed by atoms with Crippen molar-refractivity contribution in [3.8, 4) is 5.75 Å². The van der Waals surface area contributed by atoms with E-state index in [1.54, 1.807) is 0 Å². The molecule has 0 bridgehead atoms. The van der Waals surface area contributed by atoms with E-state index in [9.17, 15) is 4.79 Å². The number of piperidine rings is 1. The zero-order chi connectivity index (χ0) is 24.3. The van der Waals surface area contributed by atoms with Crippen LogP contribution in [0.1, 0.15) is 35.6 Å². The number of hydrogen-bond acceptors (Lipinski definition) is 4. The molecule has 4 nitrogen and oxygen atoms in total. The second kappa shape index (κ2) is 10.2. The molecule has 1 fully saturated rings. The van der Waals surface area contributed by atoms with Crippen molar-refractivity contribution >= 4 is 28.9 Å². The summed E-state index contributed by atoms with van der Waals surface area (Å²) in [5, 5.41) is 0.832. The van der Waals surface area contributed by atoms with Crippen molar-refractivity contribution < 1.29 is 9.53 Å². The van der Waals surface area contributed by atoms with Crippen molar-refractivity contribution in [1.82, 2.24) is 4.90 Å². The maximum Gasteiger partial charge on any atom is 0.286 e. The van der Waals surface area contributed by atoms with Gasteiger partial charge in [0.2, 0.25) is 0 Å². The molecule has 0 N–H and O–H groups in total. The summed E-state index contributed by atoms with van der Waals surface area (Å²) in [4.78, 5) is 20.3. The maximum absolute atomic E-state index is 12.9. The number of amides is 1. The van der Waals surface area contributed by atoms with Gasteiger partial charge in [0.05, 0.1) is 4.91 Å². The van der Waals surface area contributed by atoms with Crippen LogP contribution in [0.25, 0.3) is 6.08 Å². The topological polar surface area (TPSA) is 41.9 Å². The molecule has 0 spiro atoms. The number of ether oxygens (including phenoxy) is 1. The van der Waals surface area contributed by atoms with Crippen molar-refractivity contribution in [3.63, 3.8) is 0 Å². The largest absolute Gasteiger partial charge is 0.480 e. The Hall–Kier alpha value is -3.57. The van der Waals surface area contributed by atoms with Gasteiger partial charge in [-0.05, 0) is 71.9 Å². The third-order valence-corrected chi connectivity index (χ3v) is 8.09. The minimum absolute atomic E-state index is 0.159. The number of carbonyl (C=O) groups is 1. The van der Waals surface area contributed by atoms with Crippen LogP contribution in [0.4, 0.5) is 0 Å². The van der Waals surface area contributed by atoms with E-state index in [0.717, 1.165) is 60.0 Å². The van der Waals surface area contributed by atoms with Gasteiger partial charge in [-0.3, -0.25) is 4.79 Å². The molecule has 36 heavy (non-hydrogen) atoms. The number of aliphatic imine (C=N–C) groups is 1. The highest BCUT2D eigenvalue weighted by Crippen LogP contribution is 2.40. The highest BCUT2D eigenvalue weighted by atomic mass is 32.2. The molecule has 180 valence electrons. The fourth-order valence-corrected chi connectivity index (χ4v) is 6.09. The first-order valence-electron chi connectivity index (χ1n) is 12.6. The molecule has 0 radical (unpaired) electrons. The average Bonchev–Trinajstić information content (AvgIpc) is 3.29. The Morgan fingerprint density at radius 2 is 1.61 bits per heavy atom. The van der Waals surface area contributed by atoms with Crippen molar-refractivity contribution in [2.45, 2.75) is 25.4 Å². The fourth-order valence-electron chi connectivity index (χ4n) is 5.12. The second-order valence-corrected chi connectivity index (χ2v) is 10.5. The average molecular weight is 493 g/mol.